The summed E-state index contributed by atoms with van der Waals surface area (Å²) in [4.78, 5) is 27.5. The van der Waals surface area contributed by atoms with Crippen LogP contribution in [0.1, 0.15) is 41.4 Å². The number of ether oxygens (including phenoxy) is 2. The van der Waals surface area contributed by atoms with E-state index in [0.29, 0.717) is 6.54 Å². The fraction of sp³-hybridized carbons (Fsp3) is 0.476. The van der Waals surface area contributed by atoms with E-state index in [0.717, 1.165) is 41.1 Å². The molecular formula is C21H26N4O4. The molecule has 2 aliphatic rings. The standard InChI is InChI=1S/C21H26N4O4/c1-12-17(13(2)24-23-12)10-22-21(27)20-19(14-4-8-16(28-3)9-5-14)25(15-6-7-15)18(26)11-29-20/h4-5,8-9,15,19-20H,6-7,10-11H2,1-3H3,(H,22,27)(H,23,24)/t19-,20+/m1/s1. The smallest absolute Gasteiger partial charge is 0.251 e. The van der Waals surface area contributed by atoms with Crippen molar-refractivity contribution in [1.82, 2.24) is 20.4 Å². The fourth-order valence-electron chi connectivity index (χ4n) is 3.88. The van der Waals surface area contributed by atoms with Crippen LogP contribution in [-0.2, 0) is 20.9 Å². The molecule has 1 saturated carbocycles. The zero-order valence-corrected chi connectivity index (χ0v) is 16.9. The maximum absolute atomic E-state index is 13.1. The molecule has 2 aromatic rings. The number of methoxy groups -OCH3 is 1. The Morgan fingerprint density at radius 1 is 1.31 bits per heavy atom. The van der Waals surface area contributed by atoms with Crippen LogP contribution in [0.2, 0.25) is 0 Å². The van der Waals surface area contributed by atoms with E-state index in [1.54, 1.807) is 7.11 Å². The van der Waals surface area contributed by atoms with Crippen molar-refractivity contribution in [3.8, 4) is 5.75 Å². The lowest BCUT2D eigenvalue weighted by molar-refractivity contribution is -0.165. The van der Waals surface area contributed by atoms with Crippen LogP contribution < -0.4 is 10.1 Å². The monoisotopic (exact) mass is 398 g/mol. The van der Waals surface area contributed by atoms with E-state index in [-0.39, 0.29) is 24.5 Å². The lowest BCUT2D eigenvalue weighted by Gasteiger charge is -2.40. The Balaban J connectivity index is 1.58. The van der Waals surface area contributed by atoms with Gasteiger partial charge in [-0.05, 0) is 44.4 Å². The van der Waals surface area contributed by atoms with Gasteiger partial charge in [-0.1, -0.05) is 12.1 Å². The van der Waals surface area contributed by atoms with Crippen LogP contribution in [0.3, 0.4) is 0 Å². The molecule has 4 rings (SSSR count). The first-order chi connectivity index (χ1) is 14.0. The summed E-state index contributed by atoms with van der Waals surface area (Å²) in [6, 6.07) is 7.18. The van der Waals surface area contributed by atoms with Gasteiger partial charge in [-0.2, -0.15) is 5.10 Å². The third kappa shape index (κ3) is 3.85. The van der Waals surface area contributed by atoms with Crippen molar-refractivity contribution >= 4 is 11.8 Å². The van der Waals surface area contributed by atoms with Crippen LogP contribution in [0, 0.1) is 13.8 Å². The molecule has 2 atom stereocenters. The van der Waals surface area contributed by atoms with Crippen LogP contribution in [0.15, 0.2) is 24.3 Å². The zero-order valence-electron chi connectivity index (χ0n) is 16.9. The van der Waals surface area contributed by atoms with Crippen molar-refractivity contribution in [3.05, 3.63) is 46.8 Å². The number of amides is 2. The Hall–Kier alpha value is -2.87. The number of hydrogen-bond donors (Lipinski definition) is 2. The number of benzene rings is 1. The number of rotatable bonds is 6. The third-order valence-corrected chi connectivity index (χ3v) is 5.64. The Labute approximate surface area is 169 Å². The Bertz CT molecular complexity index is 884. The van der Waals surface area contributed by atoms with E-state index in [9.17, 15) is 9.59 Å². The molecule has 8 nitrogen and oxygen atoms in total. The summed E-state index contributed by atoms with van der Waals surface area (Å²) in [5, 5.41) is 10.1. The van der Waals surface area contributed by atoms with Crippen LogP contribution >= 0.6 is 0 Å². The van der Waals surface area contributed by atoms with Gasteiger partial charge in [0.25, 0.3) is 5.91 Å². The minimum Gasteiger partial charge on any atom is -0.497 e. The topological polar surface area (TPSA) is 96.5 Å². The summed E-state index contributed by atoms with van der Waals surface area (Å²) < 4.78 is 11.0. The second kappa shape index (κ2) is 7.87. The number of aromatic nitrogens is 2. The molecule has 2 heterocycles. The number of aryl methyl sites for hydroxylation is 2. The molecule has 0 unspecified atom stereocenters. The molecule has 1 aromatic heterocycles. The molecule has 2 amide bonds. The van der Waals surface area contributed by atoms with Crippen molar-refractivity contribution in [2.24, 2.45) is 0 Å². The van der Waals surface area contributed by atoms with Gasteiger partial charge in [0.05, 0.1) is 18.8 Å². The van der Waals surface area contributed by atoms with Gasteiger partial charge in [-0.3, -0.25) is 14.7 Å². The number of hydrogen-bond acceptors (Lipinski definition) is 5. The maximum Gasteiger partial charge on any atom is 0.251 e. The highest BCUT2D eigenvalue weighted by Gasteiger charge is 2.47. The Morgan fingerprint density at radius 3 is 2.62 bits per heavy atom. The first-order valence-corrected chi connectivity index (χ1v) is 9.84. The number of H-pyrrole nitrogens is 1. The van der Waals surface area contributed by atoms with Gasteiger partial charge < -0.3 is 19.7 Å². The van der Waals surface area contributed by atoms with Crippen LogP contribution in [-0.4, -0.2) is 52.8 Å². The number of nitrogens with zero attached hydrogens (tertiary/aromatic N) is 2. The molecule has 0 spiro atoms. The summed E-state index contributed by atoms with van der Waals surface area (Å²) in [6.07, 6.45) is 1.15. The molecule has 154 valence electrons. The molecule has 0 bridgehead atoms. The molecule has 2 N–H and O–H groups in total. The molecule has 2 fully saturated rings. The molecule has 1 aliphatic heterocycles. The van der Waals surface area contributed by atoms with E-state index in [4.69, 9.17) is 9.47 Å². The summed E-state index contributed by atoms with van der Waals surface area (Å²) >= 11 is 0. The Kier molecular flexibility index (Phi) is 5.27. The summed E-state index contributed by atoms with van der Waals surface area (Å²) in [5.74, 6) is 0.421. The minimum atomic E-state index is -0.769. The second-order valence-electron chi connectivity index (χ2n) is 7.61. The largest absolute Gasteiger partial charge is 0.497 e. The second-order valence-corrected chi connectivity index (χ2v) is 7.61. The van der Waals surface area contributed by atoms with Gasteiger partial charge in [0.15, 0.2) is 6.10 Å². The normalized spacial score (nSPS) is 21.9. The molecule has 8 heteroatoms. The third-order valence-electron chi connectivity index (χ3n) is 5.64. The van der Waals surface area contributed by atoms with Gasteiger partial charge in [0.2, 0.25) is 5.91 Å². The predicted octanol–water partition coefficient (Wildman–Crippen LogP) is 1.78. The first kappa shape index (κ1) is 19.4. The van der Waals surface area contributed by atoms with E-state index >= 15 is 0 Å². The number of carbonyl (C=O) groups is 2. The molecule has 1 aliphatic carbocycles. The number of nitrogens with one attached hydrogen (secondary N) is 2. The average molecular weight is 398 g/mol. The SMILES string of the molecule is COc1ccc([C@@H]2[C@@H](C(=O)NCc3c(C)n[nH]c3C)OCC(=O)N2C2CC2)cc1. The van der Waals surface area contributed by atoms with Crippen molar-refractivity contribution < 1.29 is 19.1 Å². The fourth-order valence-corrected chi connectivity index (χ4v) is 3.88. The summed E-state index contributed by atoms with van der Waals surface area (Å²) in [6.45, 7) is 4.10. The minimum absolute atomic E-state index is 0.0705. The van der Waals surface area contributed by atoms with Gasteiger partial charge in [-0.25, -0.2) is 0 Å². The van der Waals surface area contributed by atoms with Crippen LogP contribution in [0.25, 0.3) is 0 Å². The van der Waals surface area contributed by atoms with Crippen LogP contribution in [0.4, 0.5) is 0 Å². The Morgan fingerprint density at radius 2 is 2.03 bits per heavy atom. The molecule has 0 radical (unpaired) electrons. The molecular weight excluding hydrogens is 372 g/mol. The molecule has 29 heavy (non-hydrogen) atoms. The molecule has 1 aromatic carbocycles. The van der Waals surface area contributed by atoms with Crippen molar-refractivity contribution in [3.63, 3.8) is 0 Å². The number of morpholine rings is 1. The first-order valence-electron chi connectivity index (χ1n) is 9.84. The van der Waals surface area contributed by atoms with Gasteiger partial charge >= 0.3 is 0 Å². The highest BCUT2D eigenvalue weighted by atomic mass is 16.5. The van der Waals surface area contributed by atoms with E-state index in [2.05, 4.69) is 15.5 Å². The molecule has 1 saturated heterocycles. The van der Waals surface area contributed by atoms with Crippen molar-refractivity contribution in [1.29, 1.82) is 0 Å². The van der Waals surface area contributed by atoms with Gasteiger partial charge in [0.1, 0.15) is 12.4 Å². The predicted molar refractivity (Wildman–Crippen MR) is 105 cm³/mol. The average Bonchev–Trinajstić information content (AvgIpc) is 3.51. The lowest BCUT2D eigenvalue weighted by atomic mass is 9.96. The van der Waals surface area contributed by atoms with Gasteiger partial charge in [-0.15, -0.1) is 0 Å². The van der Waals surface area contributed by atoms with E-state index in [1.807, 2.05) is 43.0 Å². The van der Waals surface area contributed by atoms with Gasteiger partial charge in [0, 0.05) is 23.8 Å². The number of aromatic amines is 1. The van der Waals surface area contributed by atoms with Crippen LogP contribution in [0.5, 0.6) is 5.75 Å². The quantitative estimate of drug-likeness (QED) is 0.773. The summed E-state index contributed by atoms with van der Waals surface area (Å²) in [7, 11) is 1.61. The van der Waals surface area contributed by atoms with Crippen molar-refractivity contribution in [2.45, 2.75) is 51.4 Å². The maximum atomic E-state index is 13.1. The van der Waals surface area contributed by atoms with E-state index in [1.165, 1.54) is 0 Å². The zero-order chi connectivity index (χ0) is 20.5. The van der Waals surface area contributed by atoms with E-state index < -0.39 is 12.1 Å². The van der Waals surface area contributed by atoms with Crippen molar-refractivity contribution in [2.75, 3.05) is 13.7 Å². The summed E-state index contributed by atoms with van der Waals surface area (Å²) in [5.41, 5.74) is 3.61. The highest BCUT2D eigenvalue weighted by Crippen LogP contribution is 2.39. The lowest BCUT2D eigenvalue weighted by Crippen LogP contribution is -2.55. The number of carbonyl (C=O) groups excluding carboxylic acids is 2. The highest BCUT2D eigenvalue weighted by molar-refractivity contribution is 5.86.